The van der Waals surface area contributed by atoms with Crippen molar-refractivity contribution >= 4 is 21.4 Å². The van der Waals surface area contributed by atoms with Gasteiger partial charge in [0.25, 0.3) is 0 Å². The fourth-order valence-corrected chi connectivity index (χ4v) is 2.16. The molecule has 0 unspecified atom stereocenters. The topological polar surface area (TPSA) is 73.1 Å². The predicted octanol–water partition coefficient (Wildman–Crippen LogP) is 2.42. The summed E-state index contributed by atoms with van der Waals surface area (Å²) in [5.41, 5.74) is 0.864. The Morgan fingerprint density at radius 3 is 2.68 bits per heavy atom. The summed E-state index contributed by atoms with van der Waals surface area (Å²) in [7, 11) is -3.25. The second kappa shape index (κ2) is 5.30. The van der Waals surface area contributed by atoms with Crippen LogP contribution in [0.4, 0.5) is 0 Å². The lowest BCUT2D eigenvalue weighted by atomic mass is 10.1. The van der Waals surface area contributed by atoms with Crippen molar-refractivity contribution in [3.8, 4) is 0 Å². The summed E-state index contributed by atoms with van der Waals surface area (Å²) in [5, 5.41) is 3.59. The third kappa shape index (κ3) is 3.33. The highest BCUT2D eigenvalue weighted by molar-refractivity contribution is 7.90. The third-order valence-corrected chi connectivity index (χ3v) is 4.64. The van der Waals surface area contributed by atoms with Gasteiger partial charge in [-0.15, -0.1) is 0 Å². The van der Waals surface area contributed by atoms with Gasteiger partial charge >= 0.3 is 0 Å². The molecule has 102 valence electrons. The summed E-state index contributed by atoms with van der Waals surface area (Å²) in [4.78, 5) is 4.10. The average Bonchev–Trinajstić information content (AvgIpc) is 2.78. The number of nitrogens with zero attached hydrogens (tertiary/aromatic N) is 2. The van der Waals surface area contributed by atoms with E-state index in [4.69, 9.17) is 16.1 Å². The molecule has 0 N–H and O–H groups in total. The molecule has 0 aliphatic carbocycles. The first-order chi connectivity index (χ1) is 8.88. The van der Waals surface area contributed by atoms with Crippen LogP contribution in [0.15, 0.2) is 28.8 Å². The van der Waals surface area contributed by atoms with Gasteiger partial charge in [-0.1, -0.05) is 35.0 Å². The Hall–Kier alpha value is -1.40. The lowest BCUT2D eigenvalue weighted by Crippen LogP contribution is -2.08. The summed E-state index contributed by atoms with van der Waals surface area (Å²) in [6, 6.07) is 7.33. The molecule has 0 saturated heterocycles. The lowest BCUT2D eigenvalue weighted by Gasteiger charge is -2.01. The Balaban J connectivity index is 2.21. The van der Waals surface area contributed by atoms with Crippen LogP contribution < -0.4 is 0 Å². The monoisotopic (exact) mass is 300 g/mol. The molecule has 2 rings (SSSR count). The Morgan fingerprint density at radius 1 is 1.37 bits per heavy atom. The van der Waals surface area contributed by atoms with E-state index in [2.05, 4.69) is 10.1 Å². The van der Waals surface area contributed by atoms with Crippen molar-refractivity contribution in [3.05, 3.63) is 46.6 Å². The molecule has 0 spiro atoms. The lowest BCUT2D eigenvalue weighted by molar-refractivity contribution is 0.372. The zero-order valence-electron chi connectivity index (χ0n) is 10.5. The zero-order chi connectivity index (χ0) is 14.0. The fraction of sp³-hybridized carbons (Fsp3) is 0.333. The van der Waals surface area contributed by atoms with E-state index in [1.165, 1.54) is 6.92 Å². The summed E-state index contributed by atoms with van der Waals surface area (Å²) in [5.74, 6) is 0.517. The van der Waals surface area contributed by atoms with Gasteiger partial charge in [-0.05, 0) is 18.6 Å². The quantitative estimate of drug-likeness (QED) is 0.867. The third-order valence-electron chi connectivity index (χ3n) is 2.78. The molecule has 7 heteroatoms. The van der Waals surface area contributed by atoms with Crippen LogP contribution in [0.3, 0.4) is 0 Å². The summed E-state index contributed by atoms with van der Waals surface area (Å²) < 4.78 is 27.8. The van der Waals surface area contributed by atoms with E-state index in [0.717, 1.165) is 11.8 Å². The van der Waals surface area contributed by atoms with Crippen LogP contribution in [-0.2, 0) is 16.3 Å². The van der Waals surface area contributed by atoms with Crippen LogP contribution in [0.1, 0.15) is 29.5 Å². The van der Waals surface area contributed by atoms with Crippen molar-refractivity contribution in [2.75, 3.05) is 6.26 Å². The molecule has 1 heterocycles. The van der Waals surface area contributed by atoms with Gasteiger partial charge in [0.05, 0.1) is 0 Å². The van der Waals surface area contributed by atoms with E-state index in [9.17, 15) is 8.42 Å². The molecule has 1 aromatic carbocycles. The highest BCUT2D eigenvalue weighted by atomic mass is 35.5. The molecule has 0 radical (unpaired) electrons. The first-order valence-corrected chi connectivity index (χ1v) is 7.96. The van der Waals surface area contributed by atoms with Crippen LogP contribution in [-0.4, -0.2) is 24.8 Å². The molecule has 0 amide bonds. The normalized spacial score (nSPS) is 13.4. The summed E-state index contributed by atoms with van der Waals surface area (Å²) >= 11 is 6.03. The molecule has 0 bridgehead atoms. The van der Waals surface area contributed by atoms with E-state index >= 15 is 0 Å². The molecule has 0 aliphatic heterocycles. The second-order valence-corrected chi connectivity index (χ2v) is 7.06. The van der Waals surface area contributed by atoms with Gasteiger partial charge in [0.15, 0.2) is 15.7 Å². The number of hydrogen-bond donors (Lipinski definition) is 0. The molecule has 2 aromatic rings. The molecular weight excluding hydrogens is 288 g/mol. The van der Waals surface area contributed by atoms with E-state index in [1.54, 1.807) is 6.07 Å². The molecule has 0 saturated carbocycles. The highest BCUT2D eigenvalue weighted by Gasteiger charge is 2.23. The average molecular weight is 301 g/mol. The molecule has 5 nitrogen and oxygen atoms in total. The SMILES string of the molecule is C[C@H](c1nc(Cc2ccccc2Cl)no1)S(C)(=O)=O. The minimum absolute atomic E-state index is 0.101. The number of aromatic nitrogens is 2. The number of benzene rings is 1. The second-order valence-electron chi connectivity index (χ2n) is 4.29. The van der Waals surface area contributed by atoms with Crippen molar-refractivity contribution in [1.29, 1.82) is 0 Å². The minimum atomic E-state index is -3.25. The van der Waals surface area contributed by atoms with Gasteiger partial charge in [0.2, 0.25) is 5.89 Å². The molecule has 0 fully saturated rings. The van der Waals surface area contributed by atoms with Gasteiger partial charge < -0.3 is 4.52 Å². The zero-order valence-corrected chi connectivity index (χ0v) is 12.1. The molecule has 1 aromatic heterocycles. The van der Waals surface area contributed by atoms with Crippen molar-refractivity contribution in [1.82, 2.24) is 10.1 Å². The van der Waals surface area contributed by atoms with Crippen LogP contribution in [0, 0.1) is 0 Å². The molecule has 0 aliphatic rings. The van der Waals surface area contributed by atoms with Gasteiger partial charge in [-0.2, -0.15) is 4.98 Å². The number of hydrogen-bond acceptors (Lipinski definition) is 5. The van der Waals surface area contributed by atoms with Gasteiger partial charge in [0, 0.05) is 17.7 Å². The smallest absolute Gasteiger partial charge is 0.244 e. The van der Waals surface area contributed by atoms with Gasteiger partial charge in [-0.25, -0.2) is 8.42 Å². The maximum absolute atomic E-state index is 11.4. The summed E-state index contributed by atoms with van der Waals surface area (Å²) in [6.45, 7) is 1.52. The first-order valence-electron chi connectivity index (χ1n) is 5.62. The van der Waals surface area contributed by atoms with Crippen molar-refractivity contribution in [2.24, 2.45) is 0 Å². The largest absolute Gasteiger partial charge is 0.338 e. The molecule has 19 heavy (non-hydrogen) atoms. The van der Waals surface area contributed by atoms with E-state index in [0.29, 0.717) is 17.3 Å². The number of halogens is 1. The van der Waals surface area contributed by atoms with Crippen molar-refractivity contribution in [3.63, 3.8) is 0 Å². The Bertz CT molecular complexity index is 682. The van der Waals surface area contributed by atoms with E-state index in [-0.39, 0.29) is 5.89 Å². The number of rotatable bonds is 4. The van der Waals surface area contributed by atoms with E-state index < -0.39 is 15.1 Å². The standard InChI is InChI=1S/C12H13ClN2O3S/c1-8(19(2,16)17)12-14-11(15-18-12)7-9-5-3-4-6-10(9)13/h3-6,8H,7H2,1-2H3/t8-/m1/s1. The first kappa shape index (κ1) is 14.0. The van der Waals surface area contributed by atoms with Crippen molar-refractivity contribution in [2.45, 2.75) is 18.6 Å². The fourth-order valence-electron chi connectivity index (χ4n) is 1.50. The molecular formula is C12H13ClN2O3S. The Kier molecular flexibility index (Phi) is 3.91. The Labute approximate surface area is 116 Å². The number of sulfone groups is 1. The molecule has 1 atom stereocenters. The van der Waals surface area contributed by atoms with Crippen LogP contribution in [0.25, 0.3) is 0 Å². The van der Waals surface area contributed by atoms with Gasteiger partial charge in [-0.3, -0.25) is 0 Å². The Morgan fingerprint density at radius 2 is 2.05 bits per heavy atom. The van der Waals surface area contributed by atoms with Crippen LogP contribution >= 0.6 is 11.6 Å². The minimum Gasteiger partial charge on any atom is -0.338 e. The van der Waals surface area contributed by atoms with Crippen LogP contribution in [0.5, 0.6) is 0 Å². The van der Waals surface area contributed by atoms with Gasteiger partial charge in [0.1, 0.15) is 5.25 Å². The predicted molar refractivity (Wildman–Crippen MR) is 71.8 cm³/mol. The highest BCUT2D eigenvalue weighted by Crippen LogP contribution is 2.21. The maximum Gasteiger partial charge on any atom is 0.244 e. The van der Waals surface area contributed by atoms with Crippen molar-refractivity contribution < 1.29 is 12.9 Å². The maximum atomic E-state index is 11.4. The van der Waals surface area contributed by atoms with E-state index in [1.807, 2.05) is 18.2 Å². The summed E-state index contributed by atoms with van der Waals surface area (Å²) in [6.07, 6.45) is 1.54. The van der Waals surface area contributed by atoms with Crippen LogP contribution in [0.2, 0.25) is 5.02 Å².